The molecule has 1 saturated heterocycles. The van der Waals surface area contributed by atoms with E-state index >= 15 is 0 Å². The van der Waals surface area contributed by atoms with Gasteiger partial charge in [-0.15, -0.1) is 0 Å². The number of benzene rings is 2. The van der Waals surface area contributed by atoms with Crippen molar-refractivity contribution in [3.63, 3.8) is 0 Å². The van der Waals surface area contributed by atoms with E-state index in [-0.39, 0.29) is 11.3 Å². The third kappa shape index (κ3) is 4.37. The standard InChI is InChI=1S/C21H24ClNO4/c1-25-18-8-3-15(13-19(18)26-2)20(24)23-14-21(9-11-27-12-10-21)16-4-6-17(22)7-5-16/h3-8,13H,9-12,14H2,1-2H3,(H,23,24). The summed E-state index contributed by atoms with van der Waals surface area (Å²) in [4.78, 5) is 12.7. The molecule has 1 amide bonds. The lowest BCUT2D eigenvalue weighted by atomic mass is 9.74. The molecule has 6 heteroatoms. The Morgan fingerprint density at radius 3 is 2.37 bits per heavy atom. The van der Waals surface area contributed by atoms with E-state index in [0.29, 0.717) is 41.8 Å². The molecular weight excluding hydrogens is 366 g/mol. The fraction of sp³-hybridized carbons (Fsp3) is 0.381. The molecule has 2 aromatic carbocycles. The van der Waals surface area contributed by atoms with Crippen LogP contribution in [0.3, 0.4) is 0 Å². The molecule has 1 N–H and O–H groups in total. The second-order valence-electron chi connectivity index (χ2n) is 6.65. The first-order valence-electron chi connectivity index (χ1n) is 8.92. The molecule has 0 spiro atoms. The lowest BCUT2D eigenvalue weighted by Crippen LogP contribution is -2.44. The molecule has 0 aromatic heterocycles. The fourth-order valence-corrected chi connectivity index (χ4v) is 3.59. The van der Waals surface area contributed by atoms with Crippen LogP contribution in [0.2, 0.25) is 5.02 Å². The van der Waals surface area contributed by atoms with Gasteiger partial charge < -0.3 is 19.5 Å². The predicted octanol–water partition coefficient (Wildman–Crippen LogP) is 3.84. The van der Waals surface area contributed by atoms with E-state index < -0.39 is 0 Å². The van der Waals surface area contributed by atoms with Crippen LogP contribution in [0, 0.1) is 0 Å². The number of hydrogen-bond acceptors (Lipinski definition) is 4. The summed E-state index contributed by atoms with van der Waals surface area (Å²) < 4.78 is 16.1. The van der Waals surface area contributed by atoms with Crippen LogP contribution >= 0.6 is 11.6 Å². The third-order valence-corrected chi connectivity index (χ3v) is 5.39. The Labute approximate surface area is 164 Å². The van der Waals surface area contributed by atoms with Gasteiger partial charge in [-0.05, 0) is 48.7 Å². The molecule has 1 heterocycles. The number of nitrogens with one attached hydrogen (secondary N) is 1. The summed E-state index contributed by atoms with van der Waals surface area (Å²) in [5.41, 5.74) is 1.54. The molecule has 0 atom stereocenters. The maximum Gasteiger partial charge on any atom is 0.251 e. The minimum Gasteiger partial charge on any atom is -0.493 e. The second-order valence-corrected chi connectivity index (χ2v) is 7.09. The first-order valence-corrected chi connectivity index (χ1v) is 9.30. The Morgan fingerprint density at radius 1 is 1.07 bits per heavy atom. The average Bonchev–Trinajstić information content (AvgIpc) is 2.72. The molecule has 0 bridgehead atoms. The van der Waals surface area contributed by atoms with Crippen molar-refractivity contribution in [2.75, 3.05) is 34.0 Å². The van der Waals surface area contributed by atoms with E-state index in [2.05, 4.69) is 5.32 Å². The van der Waals surface area contributed by atoms with Crippen molar-refractivity contribution in [1.82, 2.24) is 5.32 Å². The molecule has 1 fully saturated rings. The number of carbonyl (C=O) groups is 1. The number of methoxy groups -OCH3 is 2. The van der Waals surface area contributed by atoms with E-state index in [0.717, 1.165) is 12.8 Å². The largest absolute Gasteiger partial charge is 0.493 e. The van der Waals surface area contributed by atoms with Crippen molar-refractivity contribution in [2.45, 2.75) is 18.3 Å². The monoisotopic (exact) mass is 389 g/mol. The molecular formula is C21H24ClNO4. The minimum atomic E-state index is -0.158. The minimum absolute atomic E-state index is 0.143. The van der Waals surface area contributed by atoms with Gasteiger partial charge in [0.25, 0.3) is 5.91 Å². The molecule has 3 rings (SSSR count). The highest BCUT2D eigenvalue weighted by Crippen LogP contribution is 2.35. The van der Waals surface area contributed by atoms with Crippen LogP contribution in [0.1, 0.15) is 28.8 Å². The molecule has 5 nitrogen and oxygen atoms in total. The summed E-state index contributed by atoms with van der Waals surface area (Å²) in [6, 6.07) is 13.0. The highest BCUT2D eigenvalue weighted by Gasteiger charge is 2.35. The summed E-state index contributed by atoms with van der Waals surface area (Å²) in [6.07, 6.45) is 1.70. The lowest BCUT2D eigenvalue weighted by Gasteiger charge is -2.38. The Morgan fingerprint density at radius 2 is 1.74 bits per heavy atom. The number of halogens is 1. The average molecular weight is 390 g/mol. The summed E-state index contributed by atoms with van der Waals surface area (Å²) in [6.45, 7) is 1.88. The summed E-state index contributed by atoms with van der Waals surface area (Å²) in [7, 11) is 3.12. The molecule has 1 aliphatic rings. The highest BCUT2D eigenvalue weighted by atomic mass is 35.5. The van der Waals surface area contributed by atoms with Crippen LogP contribution in [0.5, 0.6) is 11.5 Å². The number of rotatable bonds is 6. The van der Waals surface area contributed by atoms with Crippen LogP contribution in [0.4, 0.5) is 0 Å². The zero-order valence-electron chi connectivity index (χ0n) is 15.6. The van der Waals surface area contributed by atoms with Crippen molar-refractivity contribution >= 4 is 17.5 Å². The van der Waals surface area contributed by atoms with E-state index in [4.69, 9.17) is 25.8 Å². The zero-order valence-corrected chi connectivity index (χ0v) is 16.3. The first-order chi connectivity index (χ1) is 13.1. The van der Waals surface area contributed by atoms with E-state index in [1.807, 2.05) is 24.3 Å². The summed E-state index contributed by atoms with van der Waals surface area (Å²) in [5, 5.41) is 3.79. The molecule has 27 heavy (non-hydrogen) atoms. The van der Waals surface area contributed by atoms with E-state index in [1.165, 1.54) is 5.56 Å². The number of hydrogen-bond donors (Lipinski definition) is 1. The molecule has 0 aliphatic carbocycles. The topological polar surface area (TPSA) is 56.8 Å². The van der Waals surface area contributed by atoms with Gasteiger partial charge in [0.2, 0.25) is 0 Å². The van der Waals surface area contributed by atoms with Crippen LogP contribution in [-0.2, 0) is 10.2 Å². The predicted molar refractivity (Wildman–Crippen MR) is 105 cm³/mol. The lowest BCUT2D eigenvalue weighted by molar-refractivity contribution is 0.0487. The first kappa shape index (κ1) is 19.5. The molecule has 144 valence electrons. The van der Waals surface area contributed by atoms with Gasteiger partial charge in [-0.25, -0.2) is 0 Å². The van der Waals surface area contributed by atoms with Gasteiger partial charge in [0.15, 0.2) is 11.5 Å². The van der Waals surface area contributed by atoms with Crippen LogP contribution in [0.25, 0.3) is 0 Å². The molecule has 0 unspecified atom stereocenters. The van der Waals surface area contributed by atoms with Gasteiger partial charge in [-0.3, -0.25) is 4.79 Å². The van der Waals surface area contributed by atoms with Crippen molar-refractivity contribution in [2.24, 2.45) is 0 Å². The summed E-state index contributed by atoms with van der Waals surface area (Å²) in [5.74, 6) is 0.982. The Balaban J connectivity index is 1.77. The Bertz CT molecular complexity index is 785. The zero-order chi connectivity index (χ0) is 19.3. The number of ether oxygens (including phenoxy) is 3. The van der Waals surface area contributed by atoms with Crippen LogP contribution in [0.15, 0.2) is 42.5 Å². The van der Waals surface area contributed by atoms with Crippen LogP contribution in [-0.4, -0.2) is 39.9 Å². The van der Waals surface area contributed by atoms with Crippen molar-refractivity contribution in [3.8, 4) is 11.5 Å². The maximum atomic E-state index is 12.7. The van der Waals surface area contributed by atoms with Gasteiger partial charge in [0, 0.05) is 35.8 Å². The quantitative estimate of drug-likeness (QED) is 0.815. The normalized spacial score (nSPS) is 15.8. The van der Waals surface area contributed by atoms with Crippen molar-refractivity contribution in [3.05, 3.63) is 58.6 Å². The molecule has 2 aromatic rings. The molecule has 0 radical (unpaired) electrons. The molecule has 1 aliphatic heterocycles. The highest BCUT2D eigenvalue weighted by molar-refractivity contribution is 6.30. The van der Waals surface area contributed by atoms with Gasteiger partial charge in [-0.2, -0.15) is 0 Å². The van der Waals surface area contributed by atoms with Crippen LogP contribution < -0.4 is 14.8 Å². The number of amides is 1. The molecule has 0 saturated carbocycles. The van der Waals surface area contributed by atoms with Gasteiger partial charge in [0.1, 0.15) is 0 Å². The maximum absolute atomic E-state index is 12.7. The van der Waals surface area contributed by atoms with E-state index in [1.54, 1.807) is 32.4 Å². The summed E-state index contributed by atoms with van der Waals surface area (Å²) >= 11 is 6.04. The third-order valence-electron chi connectivity index (χ3n) is 5.14. The van der Waals surface area contributed by atoms with Gasteiger partial charge >= 0.3 is 0 Å². The smallest absolute Gasteiger partial charge is 0.251 e. The number of carbonyl (C=O) groups excluding carboxylic acids is 1. The van der Waals surface area contributed by atoms with Crippen molar-refractivity contribution in [1.29, 1.82) is 0 Å². The Kier molecular flexibility index (Phi) is 6.24. The van der Waals surface area contributed by atoms with Gasteiger partial charge in [-0.1, -0.05) is 23.7 Å². The SMILES string of the molecule is COc1ccc(C(=O)NCC2(c3ccc(Cl)cc3)CCOCC2)cc1OC. The second kappa shape index (κ2) is 8.63. The van der Waals surface area contributed by atoms with E-state index in [9.17, 15) is 4.79 Å². The van der Waals surface area contributed by atoms with Gasteiger partial charge in [0.05, 0.1) is 14.2 Å². The fourth-order valence-electron chi connectivity index (χ4n) is 3.46. The van der Waals surface area contributed by atoms with Crippen molar-refractivity contribution < 1.29 is 19.0 Å². The Hall–Kier alpha value is -2.24.